The molecule has 3 amide bonds. The molecular weight excluding hydrogens is 1240 g/mol. The molecule has 19 nitrogen and oxygen atoms in total. The Morgan fingerprint density at radius 3 is 1.29 bits per heavy atom. The summed E-state index contributed by atoms with van der Waals surface area (Å²) in [6.45, 7) is 8.21. The van der Waals surface area contributed by atoms with Gasteiger partial charge in [0.25, 0.3) is 0 Å². The van der Waals surface area contributed by atoms with Gasteiger partial charge in [0.1, 0.15) is 5.78 Å². The van der Waals surface area contributed by atoms with Gasteiger partial charge in [0.15, 0.2) is 45.4 Å². The molecule has 0 spiro atoms. The van der Waals surface area contributed by atoms with Gasteiger partial charge in [-0.05, 0) is 194 Å². The summed E-state index contributed by atoms with van der Waals surface area (Å²) < 4.78 is 50.9. The normalized spacial score (nSPS) is 21.9. The van der Waals surface area contributed by atoms with E-state index in [1.165, 1.54) is 17.8 Å². The zero-order chi connectivity index (χ0) is 68.5. The molecule has 518 valence electrons. The molecule has 7 aliphatic carbocycles. The standard InChI is InChI=1S/C25H29NO5S.C24H31NO5.C24H27NO5.C2H6O.CH4/c1-13-10-16(13)25(28)26-18-8-6-14-11-20(29-2)23(30-3)24(31-4)22(14)15-7-9-21(32-5)19(27)12-17(15)18;2*1-13-10-17(13)24(27)25-19-9-8-14-11-20(28-2)22(29-3)23(30-4)21(14)16-7-5-6-15(26)12-18(16)19;1-2-3;/h7,9,11-13,16,18H,6,8,10H2,1-5H3,(H,26,28);11,13,17,19H,5-10,12H2,1-4H3,(H,25,27);5-7,11-13,17,19H,8-10H2,1-4H3,(H,25,27);3H,2H2,1H3;1H4/t13?,16?,18-;2*13?,17?,19-;;/m000../s1. The Kier molecular flexibility index (Phi) is 25.0. The lowest BCUT2D eigenvalue weighted by atomic mass is 9.90. The van der Waals surface area contributed by atoms with Crippen LogP contribution < -0.4 is 69.4 Å². The van der Waals surface area contributed by atoms with Gasteiger partial charge in [-0.1, -0.05) is 46.4 Å². The summed E-state index contributed by atoms with van der Waals surface area (Å²) in [6.07, 6.45) is 11.5. The molecule has 5 aromatic rings. The van der Waals surface area contributed by atoms with Gasteiger partial charge in [-0.15, -0.1) is 11.8 Å². The number of thioether (sulfide) groups is 1. The highest BCUT2D eigenvalue weighted by molar-refractivity contribution is 7.98. The van der Waals surface area contributed by atoms with E-state index in [1.807, 2.05) is 42.7 Å². The Labute approximate surface area is 569 Å². The molecule has 3 fully saturated rings. The summed E-state index contributed by atoms with van der Waals surface area (Å²) in [6, 6.07) is 17.6. The highest BCUT2D eigenvalue weighted by Crippen LogP contribution is 2.54. The minimum atomic E-state index is -0.269. The number of Topliss-reactive ketones (excluding diaryl/α,β-unsaturated/α-hetero) is 1. The molecule has 0 saturated heterocycles. The smallest absolute Gasteiger partial charge is 0.223 e. The fourth-order valence-corrected chi connectivity index (χ4v) is 14.4. The Hall–Kier alpha value is -8.23. The highest BCUT2D eigenvalue weighted by atomic mass is 32.2. The van der Waals surface area contributed by atoms with Crippen LogP contribution in [0.3, 0.4) is 0 Å². The number of amides is 3. The Morgan fingerprint density at radius 2 is 0.885 bits per heavy atom. The first kappa shape index (κ1) is 73.6. The van der Waals surface area contributed by atoms with Crippen LogP contribution in [0, 0.1) is 35.5 Å². The first-order valence-electron chi connectivity index (χ1n) is 32.9. The van der Waals surface area contributed by atoms with Gasteiger partial charge in [0.2, 0.25) is 35.0 Å². The number of aliphatic hydroxyl groups is 1. The lowest BCUT2D eigenvalue weighted by molar-refractivity contribution is -0.124. The number of hydrogen-bond donors (Lipinski definition) is 4. The highest BCUT2D eigenvalue weighted by Gasteiger charge is 2.44. The van der Waals surface area contributed by atoms with Gasteiger partial charge < -0.3 is 63.7 Å². The fourth-order valence-electron chi connectivity index (χ4n) is 14.0. The number of carbonyl (C=O) groups is 4. The van der Waals surface area contributed by atoms with Crippen LogP contribution in [0.25, 0.3) is 27.8 Å². The number of hydrogen-bond acceptors (Lipinski definition) is 17. The van der Waals surface area contributed by atoms with Crippen molar-refractivity contribution in [2.24, 2.45) is 35.5 Å². The number of aliphatic hydroxyl groups excluding tert-OH is 1. The maximum atomic E-state index is 12.9. The number of methoxy groups -OCH3 is 9. The lowest BCUT2D eigenvalue weighted by Gasteiger charge is -2.23. The zero-order valence-corrected chi connectivity index (χ0v) is 58.2. The minimum absolute atomic E-state index is 0. The third-order valence-electron chi connectivity index (χ3n) is 19.4. The number of rotatable bonds is 16. The van der Waals surface area contributed by atoms with Crippen molar-refractivity contribution in [1.29, 1.82) is 0 Å². The second-order valence-electron chi connectivity index (χ2n) is 25.4. The fraction of sp³-hybridized carbons (Fsp3) is 0.500. The minimum Gasteiger partial charge on any atom is -0.493 e. The second kappa shape index (κ2) is 32.7. The number of nitrogens with one attached hydrogen (secondary N) is 3. The molecule has 0 radical (unpaired) electrons. The number of aryl methyl sites for hydroxylation is 3. The van der Waals surface area contributed by atoms with Crippen molar-refractivity contribution < 1.29 is 66.9 Å². The van der Waals surface area contributed by atoms with E-state index in [2.05, 4.69) is 36.7 Å². The molecule has 3 saturated carbocycles. The molecule has 20 heteroatoms. The van der Waals surface area contributed by atoms with Crippen LogP contribution in [0.1, 0.15) is 145 Å². The maximum absolute atomic E-state index is 12.9. The van der Waals surface area contributed by atoms with Crippen LogP contribution in [0.15, 0.2) is 80.7 Å². The van der Waals surface area contributed by atoms with Gasteiger partial charge in [0.05, 0.1) is 87.0 Å². The summed E-state index contributed by atoms with van der Waals surface area (Å²) in [5.41, 5.74) is 11.3. The van der Waals surface area contributed by atoms with E-state index in [1.54, 1.807) is 89.1 Å². The van der Waals surface area contributed by atoms with Crippen LogP contribution >= 0.6 is 11.8 Å². The summed E-state index contributed by atoms with van der Waals surface area (Å²) in [4.78, 5) is 76.8. The van der Waals surface area contributed by atoms with Crippen LogP contribution in [-0.4, -0.2) is 112 Å². The number of allylic oxidation sites excluding steroid dienone is 1. The SMILES string of the molecule is C.CCO.COc1cc2c(c(OC)c1OC)-c1ccc(SC)c(=O)cc1[C@@H](NC(=O)C1CC1C)CC2.COc1cc2c(c(OC)c1OC)-c1cccc(=O)cc1[C@@H](NC(=O)C1CC1C)CC2.COc1cc2c(c(OC)c1OC)C1=C(CC(=O)CCC1)[C@@H](NC(=O)C1CC1C)CC2. The van der Waals surface area contributed by atoms with E-state index in [-0.39, 0.29) is 84.3 Å². The Bertz CT molecular complexity index is 3870. The summed E-state index contributed by atoms with van der Waals surface area (Å²) in [7, 11) is 14.4. The molecule has 0 heterocycles. The van der Waals surface area contributed by atoms with Crippen LogP contribution in [0.5, 0.6) is 51.7 Å². The maximum Gasteiger partial charge on any atom is 0.223 e. The van der Waals surface area contributed by atoms with Gasteiger partial charge in [-0.3, -0.25) is 28.8 Å². The number of ketones is 1. The molecule has 6 unspecified atom stereocenters. The predicted molar refractivity (Wildman–Crippen MR) is 374 cm³/mol. The molecular formula is C76H97N3O16S. The molecule has 0 aromatic heterocycles. The number of benzene rings is 3. The van der Waals surface area contributed by atoms with E-state index in [0.717, 1.165) is 112 Å². The molecule has 5 aromatic carbocycles. The number of carbonyl (C=O) groups excluding carboxylic acids is 4. The van der Waals surface area contributed by atoms with Crippen LogP contribution in [0.2, 0.25) is 0 Å². The molecule has 0 aliphatic heterocycles. The van der Waals surface area contributed by atoms with E-state index >= 15 is 0 Å². The Balaban J connectivity index is 0.000000179. The largest absolute Gasteiger partial charge is 0.493 e. The number of fused-ring (bicyclic) bond motifs is 8. The van der Waals surface area contributed by atoms with E-state index in [0.29, 0.717) is 113 Å². The molecule has 0 bridgehead atoms. The summed E-state index contributed by atoms with van der Waals surface area (Å²) in [5.74, 6) is 7.17. The van der Waals surface area contributed by atoms with Gasteiger partial charge in [-0.25, -0.2) is 0 Å². The van der Waals surface area contributed by atoms with Crippen molar-refractivity contribution in [3.8, 4) is 74.0 Å². The first-order chi connectivity index (χ1) is 45.8. The van der Waals surface area contributed by atoms with Crippen molar-refractivity contribution in [1.82, 2.24) is 16.0 Å². The van der Waals surface area contributed by atoms with Crippen molar-refractivity contribution in [2.75, 3.05) is 76.9 Å². The molecule has 7 aliphatic rings. The lowest BCUT2D eigenvalue weighted by Crippen LogP contribution is -2.38. The average molecular weight is 1340 g/mol. The molecule has 12 rings (SSSR count). The topological polar surface area (TPSA) is 242 Å². The monoisotopic (exact) mass is 1340 g/mol. The van der Waals surface area contributed by atoms with Crippen molar-refractivity contribution in [3.63, 3.8) is 0 Å². The third-order valence-corrected chi connectivity index (χ3v) is 20.2. The van der Waals surface area contributed by atoms with Gasteiger partial charge >= 0.3 is 0 Å². The Morgan fingerprint density at radius 1 is 0.500 bits per heavy atom. The van der Waals surface area contributed by atoms with Crippen LogP contribution in [0.4, 0.5) is 0 Å². The first-order valence-corrected chi connectivity index (χ1v) is 34.1. The summed E-state index contributed by atoms with van der Waals surface area (Å²) >= 11 is 1.41. The molecule has 96 heavy (non-hydrogen) atoms. The van der Waals surface area contributed by atoms with E-state index in [9.17, 15) is 28.8 Å². The quantitative estimate of drug-likeness (QED) is 0.0671. The van der Waals surface area contributed by atoms with E-state index < -0.39 is 0 Å². The predicted octanol–water partition coefficient (Wildman–Crippen LogP) is 12.1. The summed E-state index contributed by atoms with van der Waals surface area (Å²) in [5, 5.41) is 17.3. The molecule has 4 N–H and O–H groups in total. The van der Waals surface area contributed by atoms with E-state index in [4.69, 9.17) is 47.7 Å². The number of ether oxygens (including phenoxy) is 9. The van der Waals surface area contributed by atoms with Gasteiger partial charge in [0, 0.05) is 53.9 Å². The molecule has 9 atom stereocenters. The van der Waals surface area contributed by atoms with Crippen LogP contribution in [-0.2, 0) is 38.4 Å². The zero-order valence-electron chi connectivity index (χ0n) is 57.3. The average Bonchev–Trinajstić information content (AvgIpc) is 1.09. The van der Waals surface area contributed by atoms with Crippen molar-refractivity contribution in [2.45, 2.75) is 142 Å². The second-order valence-corrected chi connectivity index (χ2v) is 26.3. The van der Waals surface area contributed by atoms with Gasteiger partial charge in [-0.2, -0.15) is 0 Å². The van der Waals surface area contributed by atoms with Crippen molar-refractivity contribution in [3.05, 3.63) is 120 Å². The van der Waals surface area contributed by atoms with Crippen molar-refractivity contribution >= 4 is 40.8 Å². The third kappa shape index (κ3) is 15.8.